The molecule has 17 heavy (non-hydrogen) atoms. The van der Waals surface area contributed by atoms with Crippen molar-refractivity contribution in [1.29, 1.82) is 0 Å². The predicted molar refractivity (Wildman–Crippen MR) is 60.3 cm³/mol. The molecule has 0 aliphatic heterocycles. The maximum atomic E-state index is 11.1. The summed E-state index contributed by atoms with van der Waals surface area (Å²) in [4.78, 5) is 13.2. The molecule has 0 amide bonds. The molecule has 0 atom stereocenters. The predicted octanol–water partition coefficient (Wildman–Crippen LogP) is 0.686. The molecule has 0 bridgehead atoms. The van der Waals surface area contributed by atoms with Gasteiger partial charge in [-0.25, -0.2) is 0 Å². The van der Waals surface area contributed by atoms with E-state index in [4.69, 9.17) is 9.26 Å². The van der Waals surface area contributed by atoms with Crippen LogP contribution >= 0.6 is 0 Å². The molecule has 1 aromatic rings. The Morgan fingerprint density at radius 1 is 1.47 bits per heavy atom. The SMILES string of the molecule is COCCN(CCC(=O)OC)Cc1cnoc1. The van der Waals surface area contributed by atoms with E-state index in [1.807, 2.05) is 0 Å². The van der Waals surface area contributed by atoms with Crippen LogP contribution in [0.5, 0.6) is 0 Å². The Morgan fingerprint density at radius 3 is 2.88 bits per heavy atom. The van der Waals surface area contributed by atoms with Gasteiger partial charge in [0.1, 0.15) is 6.26 Å². The number of nitrogens with zero attached hydrogens (tertiary/aromatic N) is 2. The van der Waals surface area contributed by atoms with Crippen LogP contribution in [0.15, 0.2) is 17.0 Å². The van der Waals surface area contributed by atoms with Gasteiger partial charge < -0.3 is 14.0 Å². The molecule has 96 valence electrons. The monoisotopic (exact) mass is 242 g/mol. The highest BCUT2D eigenvalue weighted by atomic mass is 16.5. The molecule has 6 heteroatoms. The Kier molecular flexibility index (Phi) is 6.27. The van der Waals surface area contributed by atoms with Gasteiger partial charge in [0, 0.05) is 32.3 Å². The van der Waals surface area contributed by atoms with Gasteiger partial charge >= 0.3 is 5.97 Å². The van der Waals surface area contributed by atoms with Crippen LogP contribution in [-0.2, 0) is 20.8 Å². The number of hydrogen-bond donors (Lipinski definition) is 0. The Labute approximate surface area is 100 Å². The van der Waals surface area contributed by atoms with Gasteiger partial charge in [-0.05, 0) is 0 Å². The highest BCUT2D eigenvalue weighted by molar-refractivity contribution is 5.69. The van der Waals surface area contributed by atoms with E-state index in [1.165, 1.54) is 7.11 Å². The minimum absolute atomic E-state index is 0.210. The molecule has 1 rings (SSSR count). The van der Waals surface area contributed by atoms with E-state index >= 15 is 0 Å². The first-order valence-corrected chi connectivity index (χ1v) is 5.42. The van der Waals surface area contributed by atoms with Gasteiger partial charge in [0.05, 0.1) is 26.3 Å². The van der Waals surface area contributed by atoms with Crippen molar-refractivity contribution >= 4 is 5.97 Å². The Morgan fingerprint density at radius 2 is 2.29 bits per heavy atom. The lowest BCUT2D eigenvalue weighted by molar-refractivity contribution is -0.141. The first kappa shape index (κ1) is 13.7. The minimum Gasteiger partial charge on any atom is -0.469 e. The molecule has 1 heterocycles. The molecule has 0 aliphatic carbocycles. The third-order valence-corrected chi connectivity index (χ3v) is 2.36. The summed E-state index contributed by atoms with van der Waals surface area (Å²) in [5, 5.41) is 3.64. The van der Waals surface area contributed by atoms with Gasteiger partial charge in [-0.1, -0.05) is 5.16 Å². The van der Waals surface area contributed by atoms with Crippen LogP contribution in [0.25, 0.3) is 0 Å². The first-order chi connectivity index (χ1) is 8.26. The quantitative estimate of drug-likeness (QED) is 0.625. The number of carbonyl (C=O) groups is 1. The van der Waals surface area contributed by atoms with E-state index in [0.717, 1.165) is 12.1 Å². The molecular formula is C11H18N2O4. The lowest BCUT2D eigenvalue weighted by Gasteiger charge is -2.20. The molecule has 0 spiro atoms. The van der Waals surface area contributed by atoms with Crippen LogP contribution in [0, 0.1) is 0 Å². The summed E-state index contributed by atoms with van der Waals surface area (Å²) in [6, 6.07) is 0. The summed E-state index contributed by atoms with van der Waals surface area (Å²) in [6.07, 6.45) is 3.63. The average molecular weight is 242 g/mol. The molecule has 0 fully saturated rings. The normalized spacial score (nSPS) is 10.8. The van der Waals surface area contributed by atoms with Crippen molar-refractivity contribution in [3.05, 3.63) is 18.0 Å². The summed E-state index contributed by atoms with van der Waals surface area (Å²) in [5.41, 5.74) is 0.978. The number of rotatable bonds is 8. The zero-order valence-electron chi connectivity index (χ0n) is 10.2. The van der Waals surface area contributed by atoms with E-state index in [2.05, 4.69) is 14.8 Å². The third kappa shape index (κ3) is 5.46. The Bertz CT molecular complexity index is 313. The largest absolute Gasteiger partial charge is 0.469 e. The summed E-state index contributed by atoms with van der Waals surface area (Å²) in [7, 11) is 3.04. The van der Waals surface area contributed by atoms with Crippen LogP contribution in [0.3, 0.4) is 0 Å². The number of esters is 1. The van der Waals surface area contributed by atoms with Crippen molar-refractivity contribution in [3.63, 3.8) is 0 Å². The second-order valence-electron chi connectivity index (χ2n) is 3.63. The van der Waals surface area contributed by atoms with Crippen molar-refractivity contribution in [2.45, 2.75) is 13.0 Å². The van der Waals surface area contributed by atoms with Crippen LogP contribution in [0.4, 0.5) is 0 Å². The van der Waals surface area contributed by atoms with E-state index in [0.29, 0.717) is 26.1 Å². The van der Waals surface area contributed by atoms with Crippen molar-refractivity contribution in [3.8, 4) is 0 Å². The van der Waals surface area contributed by atoms with Gasteiger partial charge in [-0.3, -0.25) is 9.69 Å². The summed E-state index contributed by atoms with van der Waals surface area (Å²) >= 11 is 0. The molecule has 6 nitrogen and oxygen atoms in total. The van der Waals surface area contributed by atoms with Crippen LogP contribution in [0.2, 0.25) is 0 Å². The van der Waals surface area contributed by atoms with E-state index in [-0.39, 0.29) is 5.97 Å². The second kappa shape index (κ2) is 7.81. The van der Waals surface area contributed by atoms with Crippen molar-refractivity contribution in [2.75, 3.05) is 33.9 Å². The number of aromatic nitrogens is 1. The van der Waals surface area contributed by atoms with Crippen molar-refractivity contribution < 1.29 is 18.8 Å². The lowest BCUT2D eigenvalue weighted by atomic mass is 10.3. The maximum Gasteiger partial charge on any atom is 0.306 e. The number of hydrogen-bond acceptors (Lipinski definition) is 6. The Balaban J connectivity index is 2.39. The average Bonchev–Trinajstić information content (AvgIpc) is 2.84. The number of ether oxygens (including phenoxy) is 2. The number of carbonyl (C=O) groups excluding carboxylic acids is 1. The zero-order chi connectivity index (χ0) is 12.5. The van der Waals surface area contributed by atoms with Gasteiger partial charge in [0.25, 0.3) is 0 Å². The van der Waals surface area contributed by atoms with Gasteiger partial charge in [-0.2, -0.15) is 0 Å². The molecule has 0 aromatic carbocycles. The molecule has 0 saturated carbocycles. The molecule has 0 radical (unpaired) electrons. The topological polar surface area (TPSA) is 64.8 Å². The molecular weight excluding hydrogens is 224 g/mol. The molecule has 1 aromatic heterocycles. The highest BCUT2D eigenvalue weighted by Crippen LogP contribution is 2.04. The summed E-state index contributed by atoms with van der Waals surface area (Å²) in [5.74, 6) is -0.210. The van der Waals surface area contributed by atoms with Gasteiger partial charge in [-0.15, -0.1) is 0 Å². The van der Waals surface area contributed by atoms with Crippen LogP contribution in [0.1, 0.15) is 12.0 Å². The van der Waals surface area contributed by atoms with Gasteiger partial charge in [0.2, 0.25) is 0 Å². The minimum atomic E-state index is -0.210. The van der Waals surface area contributed by atoms with E-state index in [1.54, 1.807) is 19.6 Å². The fourth-order valence-corrected chi connectivity index (χ4v) is 1.40. The van der Waals surface area contributed by atoms with Gasteiger partial charge in [0.15, 0.2) is 0 Å². The molecule has 0 unspecified atom stereocenters. The van der Waals surface area contributed by atoms with E-state index < -0.39 is 0 Å². The van der Waals surface area contributed by atoms with Crippen molar-refractivity contribution in [2.24, 2.45) is 0 Å². The van der Waals surface area contributed by atoms with Crippen molar-refractivity contribution in [1.82, 2.24) is 10.1 Å². The maximum absolute atomic E-state index is 11.1. The number of methoxy groups -OCH3 is 2. The van der Waals surface area contributed by atoms with Crippen LogP contribution in [-0.4, -0.2) is 49.9 Å². The lowest BCUT2D eigenvalue weighted by Crippen LogP contribution is -2.29. The smallest absolute Gasteiger partial charge is 0.306 e. The van der Waals surface area contributed by atoms with Crippen LogP contribution < -0.4 is 0 Å². The zero-order valence-corrected chi connectivity index (χ0v) is 10.2. The summed E-state index contributed by atoms with van der Waals surface area (Å²) in [6.45, 7) is 2.68. The third-order valence-electron chi connectivity index (χ3n) is 2.36. The molecule has 0 saturated heterocycles. The molecule has 0 N–H and O–H groups in total. The molecule has 0 aliphatic rings. The highest BCUT2D eigenvalue weighted by Gasteiger charge is 2.10. The standard InChI is InChI=1S/C11H18N2O4/c1-15-6-5-13(4-3-11(14)16-2)8-10-7-12-17-9-10/h7,9H,3-6,8H2,1-2H3. The second-order valence-corrected chi connectivity index (χ2v) is 3.63. The summed E-state index contributed by atoms with van der Waals surface area (Å²) < 4.78 is 14.4. The fourth-order valence-electron chi connectivity index (χ4n) is 1.40. The van der Waals surface area contributed by atoms with E-state index in [9.17, 15) is 4.79 Å². The Hall–Kier alpha value is -1.40. The first-order valence-electron chi connectivity index (χ1n) is 5.42. The fraction of sp³-hybridized carbons (Fsp3) is 0.636.